The highest BCUT2D eigenvalue weighted by molar-refractivity contribution is 5.46. The molecule has 3 nitrogen and oxygen atoms in total. The smallest absolute Gasteiger partial charge is 0.137 e. The molecule has 1 aliphatic rings. The van der Waals surface area contributed by atoms with E-state index in [1.54, 1.807) is 0 Å². The molecule has 0 atom stereocenters. The van der Waals surface area contributed by atoms with E-state index in [4.69, 9.17) is 4.98 Å². The fraction of sp³-hybridized carbons (Fsp3) is 0.500. The highest BCUT2D eigenvalue weighted by Gasteiger charge is 2.20. The molecule has 2 aromatic rings. The van der Waals surface area contributed by atoms with Gasteiger partial charge in [0.05, 0.1) is 11.4 Å². The molecule has 3 heterocycles. The number of rotatable bonds is 2. The van der Waals surface area contributed by atoms with Crippen molar-refractivity contribution in [3.63, 3.8) is 0 Å². The number of imidazole rings is 1. The molecule has 0 amide bonds. The molecule has 0 aliphatic carbocycles. The van der Waals surface area contributed by atoms with Gasteiger partial charge in [0, 0.05) is 25.7 Å². The van der Waals surface area contributed by atoms with Crippen LogP contribution in [0, 0.1) is 6.92 Å². The normalized spacial score (nSPS) is 16.4. The molecule has 0 saturated carbocycles. The maximum atomic E-state index is 4.74. The number of fused-ring (bicyclic) bond motifs is 3. The maximum absolute atomic E-state index is 4.74. The van der Waals surface area contributed by atoms with Gasteiger partial charge in [0.15, 0.2) is 0 Å². The fourth-order valence-electron chi connectivity index (χ4n) is 2.68. The van der Waals surface area contributed by atoms with Crippen LogP contribution in [0.5, 0.6) is 0 Å². The van der Waals surface area contributed by atoms with Crippen molar-refractivity contribution in [3.05, 3.63) is 35.3 Å². The van der Waals surface area contributed by atoms with Crippen LogP contribution < -0.4 is 0 Å². The molecule has 90 valence electrons. The van der Waals surface area contributed by atoms with Gasteiger partial charge < -0.3 is 4.40 Å². The van der Waals surface area contributed by atoms with Crippen LogP contribution in [0.2, 0.25) is 0 Å². The molecule has 0 spiro atoms. The monoisotopic (exact) mass is 229 g/mol. The second-order valence-corrected chi connectivity index (χ2v) is 4.96. The summed E-state index contributed by atoms with van der Waals surface area (Å²) in [5.74, 6) is 0. The Kier molecular flexibility index (Phi) is 2.63. The van der Waals surface area contributed by atoms with Crippen LogP contribution in [-0.4, -0.2) is 27.4 Å². The first-order valence-electron chi connectivity index (χ1n) is 6.46. The highest BCUT2D eigenvalue weighted by Crippen LogP contribution is 2.21. The van der Waals surface area contributed by atoms with Gasteiger partial charge in [0.1, 0.15) is 5.65 Å². The third kappa shape index (κ3) is 1.84. The molecule has 0 radical (unpaired) electrons. The van der Waals surface area contributed by atoms with Crippen molar-refractivity contribution in [1.82, 2.24) is 14.3 Å². The Labute approximate surface area is 102 Å². The molecule has 3 rings (SSSR count). The number of aromatic nitrogens is 2. The summed E-state index contributed by atoms with van der Waals surface area (Å²) in [6.07, 6.45) is 4.48. The molecule has 17 heavy (non-hydrogen) atoms. The van der Waals surface area contributed by atoms with Crippen molar-refractivity contribution in [3.8, 4) is 0 Å². The minimum Gasteiger partial charge on any atom is -0.302 e. The lowest BCUT2D eigenvalue weighted by atomic mass is 10.1. The summed E-state index contributed by atoms with van der Waals surface area (Å²) in [5, 5.41) is 0. The summed E-state index contributed by atoms with van der Waals surface area (Å²) in [4.78, 5) is 7.27. The lowest BCUT2D eigenvalue weighted by molar-refractivity contribution is 0.249. The highest BCUT2D eigenvalue weighted by atomic mass is 15.2. The van der Waals surface area contributed by atoms with E-state index < -0.39 is 0 Å². The van der Waals surface area contributed by atoms with Crippen LogP contribution in [0.3, 0.4) is 0 Å². The topological polar surface area (TPSA) is 20.5 Å². The van der Waals surface area contributed by atoms with Gasteiger partial charge in [-0.3, -0.25) is 4.90 Å². The van der Waals surface area contributed by atoms with Crippen LogP contribution in [0.4, 0.5) is 0 Å². The van der Waals surface area contributed by atoms with Crippen LogP contribution >= 0.6 is 0 Å². The number of aryl methyl sites for hydroxylation is 1. The zero-order chi connectivity index (χ0) is 11.8. The van der Waals surface area contributed by atoms with Crippen LogP contribution in [0.15, 0.2) is 18.3 Å². The molecule has 0 bridgehead atoms. The third-order valence-electron chi connectivity index (χ3n) is 3.54. The molecule has 0 N–H and O–H groups in total. The van der Waals surface area contributed by atoms with E-state index in [2.05, 4.69) is 41.5 Å². The second kappa shape index (κ2) is 4.15. The van der Waals surface area contributed by atoms with Crippen molar-refractivity contribution in [2.24, 2.45) is 0 Å². The van der Waals surface area contributed by atoms with E-state index in [1.807, 2.05) is 0 Å². The zero-order valence-corrected chi connectivity index (χ0v) is 10.6. The number of hydrogen-bond donors (Lipinski definition) is 0. The van der Waals surface area contributed by atoms with Crippen LogP contribution in [0.25, 0.3) is 5.65 Å². The average Bonchev–Trinajstić information content (AvgIpc) is 2.66. The summed E-state index contributed by atoms with van der Waals surface area (Å²) in [6, 6.07) is 4.33. The van der Waals surface area contributed by atoms with Gasteiger partial charge in [-0.2, -0.15) is 0 Å². The lowest BCUT2D eigenvalue weighted by Gasteiger charge is -2.25. The molecular weight excluding hydrogens is 210 g/mol. The predicted molar refractivity (Wildman–Crippen MR) is 69.2 cm³/mol. The first-order chi connectivity index (χ1) is 8.28. The summed E-state index contributed by atoms with van der Waals surface area (Å²) in [6.45, 7) is 7.76. The van der Waals surface area contributed by atoms with E-state index in [0.29, 0.717) is 0 Å². The van der Waals surface area contributed by atoms with Gasteiger partial charge in [-0.15, -0.1) is 0 Å². The molecule has 3 heteroatoms. The standard InChI is InChI=1S/C14H19N3/c1-3-6-16-7-5-12-13(10-16)17-8-4-11(2)9-14(17)15-12/h4,8-9H,3,5-7,10H2,1-2H3. The Balaban J connectivity index is 2.03. The van der Waals surface area contributed by atoms with E-state index in [1.165, 1.54) is 29.9 Å². The van der Waals surface area contributed by atoms with Gasteiger partial charge in [-0.1, -0.05) is 6.92 Å². The van der Waals surface area contributed by atoms with Gasteiger partial charge >= 0.3 is 0 Å². The quantitative estimate of drug-likeness (QED) is 0.788. The SMILES string of the molecule is CCCN1CCc2nc3cc(C)ccn3c2C1. The maximum Gasteiger partial charge on any atom is 0.137 e. The minimum absolute atomic E-state index is 1.05. The predicted octanol–water partition coefficient (Wildman–Crippen LogP) is 2.41. The van der Waals surface area contributed by atoms with E-state index in [9.17, 15) is 0 Å². The van der Waals surface area contributed by atoms with E-state index >= 15 is 0 Å². The van der Waals surface area contributed by atoms with E-state index in [-0.39, 0.29) is 0 Å². The summed E-state index contributed by atoms with van der Waals surface area (Å²) in [7, 11) is 0. The van der Waals surface area contributed by atoms with Crippen molar-refractivity contribution in [2.75, 3.05) is 13.1 Å². The van der Waals surface area contributed by atoms with Crippen molar-refractivity contribution < 1.29 is 0 Å². The average molecular weight is 229 g/mol. The Morgan fingerprint density at radius 2 is 2.29 bits per heavy atom. The molecule has 2 aromatic heterocycles. The summed E-state index contributed by atoms with van der Waals surface area (Å²) < 4.78 is 2.25. The Morgan fingerprint density at radius 1 is 1.41 bits per heavy atom. The lowest BCUT2D eigenvalue weighted by Crippen LogP contribution is -2.31. The molecule has 0 unspecified atom stereocenters. The third-order valence-corrected chi connectivity index (χ3v) is 3.54. The first kappa shape index (κ1) is 10.8. The molecule has 0 aromatic carbocycles. The fourth-order valence-corrected chi connectivity index (χ4v) is 2.68. The second-order valence-electron chi connectivity index (χ2n) is 4.96. The molecule has 1 aliphatic heterocycles. The molecular formula is C14H19N3. The zero-order valence-electron chi connectivity index (χ0n) is 10.6. The van der Waals surface area contributed by atoms with E-state index in [0.717, 1.165) is 25.2 Å². The van der Waals surface area contributed by atoms with Crippen molar-refractivity contribution in [2.45, 2.75) is 33.2 Å². The summed E-state index contributed by atoms with van der Waals surface area (Å²) in [5.41, 5.74) is 5.07. The van der Waals surface area contributed by atoms with Gasteiger partial charge in [0.2, 0.25) is 0 Å². The number of pyridine rings is 1. The number of hydrogen-bond acceptors (Lipinski definition) is 2. The Bertz CT molecular complexity index is 542. The van der Waals surface area contributed by atoms with Crippen LogP contribution in [-0.2, 0) is 13.0 Å². The van der Waals surface area contributed by atoms with Gasteiger partial charge in [-0.05, 0) is 37.6 Å². The van der Waals surface area contributed by atoms with Crippen molar-refractivity contribution >= 4 is 5.65 Å². The largest absolute Gasteiger partial charge is 0.302 e. The van der Waals surface area contributed by atoms with Crippen molar-refractivity contribution in [1.29, 1.82) is 0 Å². The summed E-state index contributed by atoms with van der Waals surface area (Å²) >= 11 is 0. The minimum atomic E-state index is 1.05. The Hall–Kier alpha value is -1.35. The molecule has 0 fully saturated rings. The van der Waals surface area contributed by atoms with Gasteiger partial charge in [-0.25, -0.2) is 4.98 Å². The Morgan fingerprint density at radius 3 is 3.12 bits per heavy atom. The number of nitrogens with zero attached hydrogens (tertiary/aromatic N) is 3. The van der Waals surface area contributed by atoms with Crippen LogP contribution in [0.1, 0.15) is 30.3 Å². The van der Waals surface area contributed by atoms with Gasteiger partial charge in [0.25, 0.3) is 0 Å². The molecule has 0 saturated heterocycles. The first-order valence-corrected chi connectivity index (χ1v) is 6.46.